The SMILES string of the molecule is O=C(O)C(c1ccc2c(c1)OCCCO2)N1CCOCC1. The van der Waals surface area contributed by atoms with Gasteiger partial charge in [-0.2, -0.15) is 0 Å². The molecule has 1 unspecified atom stereocenters. The second kappa shape index (κ2) is 6.32. The van der Waals surface area contributed by atoms with Crippen LogP contribution >= 0.6 is 0 Å². The lowest BCUT2D eigenvalue weighted by Gasteiger charge is -2.32. The van der Waals surface area contributed by atoms with Crippen LogP contribution in [0.5, 0.6) is 11.5 Å². The molecule has 1 fully saturated rings. The molecule has 0 aromatic heterocycles. The number of carbonyl (C=O) groups is 1. The Balaban J connectivity index is 1.88. The molecule has 1 aromatic rings. The highest BCUT2D eigenvalue weighted by Crippen LogP contribution is 2.34. The number of hydrogen-bond acceptors (Lipinski definition) is 5. The third kappa shape index (κ3) is 3.11. The van der Waals surface area contributed by atoms with E-state index in [-0.39, 0.29) is 0 Å². The fourth-order valence-electron chi connectivity index (χ4n) is 2.70. The molecule has 0 radical (unpaired) electrons. The first-order valence-corrected chi connectivity index (χ1v) is 7.20. The summed E-state index contributed by atoms with van der Waals surface area (Å²) >= 11 is 0. The number of nitrogens with zero attached hydrogens (tertiary/aromatic N) is 1. The van der Waals surface area contributed by atoms with E-state index in [9.17, 15) is 9.90 Å². The van der Waals surface area contributed by atoms with E-state index in [1.165, 1.54) is 0 Å². The average Bonchev–Trinajstić information content (AvgIpc) is 2.73. The van der Waals surface area contributed by atoms with Crippen molar-refractivity contribution in [1.82, 2.24) is 4.90 Å². The topological polar surface area (TPSA) is 68.2 Å². The van der Waals surface area contributed by atoms with Crippen molar-refractivity contribution in [3.63, 3.8) is 0 Å². The molecule has 114 valence electrons. The Morgan fingerprint density at radius 2 is 1.81 bits per heavy atom. The van der Waals surface area contributed by atoms with Gasteiger partial charge in [-0.3, -0.25) is 9.69 Å². The van der Waals surface area contributed by atoms with E-state index in [0.29, 0.717) is 56.6 Å². The lowest BCUT2D eigenvalue weighted by atomic mass is 10.0. The molecule has 2 heterocycles. The highest BCUT2D eigenvalue weighted by atomic mass is 16.5. The molecule has 0 aliphatic carbocycles. The first-order valence-electron chi connectivity index (χ1n) is 7.20. The molecule has 2 aliphatic rings. The van der Waals surface area contributed by atoms with E-state index in [1.54, 1.807) is 12.1 Å². The maximum absolute atomic E-state index is 11.7. The molecule has 0 amide bonds. The molecule has 3 rings (SSSR count). The molecule has 6 nitrogen and oxygen atoms in total. The molecular formula is C15H19NO5. The van der Waals surface area contributed by atoms with Crippen LogP contribution in [0.3, 0.4) is 0 Å². The van der Waals surface area contributed by atoms with Crippen molar-refractivity contribution in [1.29, 1.82) is 0 Å². The number of carboxylic acid groups (broad SMARTS) is 1. The van der Waals surface area contributed by atoms with Crippen molar-refractivity contribution in [2.24, 2.45) is 0 Å². The standard InChI is InChI=1S/C15H19NO5/c17-15(18)14(16-4-8-19-9-5-16)11-2-3-12-13(10-11)21-7-1-6-20-12/h2-3,10,14H,1,4-9H2,(H,17,18). The lowest BCUT2D eigenvalue weighted by molar-refractivity contribution is -0.145. The molecule has 0 saturated carbocycles. The summed E-state index contributed by atoms with van der Waals surface area (Å²) in [7, 11) is 0. The molecule has 0 bridgehead atoms. The van der Waals surface area contributed by atoms with Crippen LogP contribution in [0.4, 0.5) is 0 Å². The highest BCUT2D eigenvalue weighted by molar-refractivity contribution is 5.76. The van der Waals surface area contributed by atoms with Crippen molar-refractivity contribution >= 4 is 5.97 Å². The summed E-state index contributed by atoms with van der Waals surface area (Å²) in [4.78, 5) is 13.6. The summed E-state index contributed by atoms with van der Waals surface area (Å²) in [6.45, 7) is 3.57. The minimum absolute atomic E-state index is 0.564. The summed E-state index contributed by atoms with van der Waals surface area (Å²) in [6, 6.07) is 4.72. The maximum atomic E-state index is 11.7. The minimum Gasteiger partial charge on any atom is -0.490 e. The summed E-state index contributed by atoms with van der Waals surface area (Å²) in [6.07, 6.45) is 0.829. The number of rotatable bonds is 3. The van der Waals surface area contributed by atoms with Gasteiger partial charge in [-0.1, -0.05) is 6.07 Å². The summed E-state index contributed by atoms with van der Waals surface area (Å²) in [5, 5.41) is 9.58. The highest BCUT2D eigenvalue weighted by Gasteiger charge is 2.29. The molecule has 6 heteroatoms. The van der Waals surface area contributed by atoms with Gasteiger partial charge >= 0.3 is 5.97 Å². The fourth-order valence-corrected chi connectivity index (χ4v) is 2.70. The predicted octanol–water partition coefficient (Wildman–Crippen LogP) is 1.31. The van der Waals surface area contributed by atoms with Gasteiger partial charge in [-0.05, 0) is 17.7 Å². The first-order chi connectivity index (χ1) is 10.3. The average molecular weight is 293 g/mol. The van der Waals surface area contributed by atoms with E-state index >= 15 is 0 Å². The van der Waals surface area contributed by atoms with E-state index in [4.69, 9.17) is 14.2 Å². The Morgan fingerprint density at radius 3 is 2.52 bits per heavy atom. The molecule has 1 atom stereocenters. The largest absolute Gasteiger partial charge is 0.490 e. The van der Waals surface area contributed by atoms with Gasteiger partial charge in [0, 0.05) is 19.5 Å². The molecule has 2 aliphatic heterocycles. The van der Waals surface area contributed by atoms with Gasteiger partial charge in [0.05, 0.1) is 26.4 Å². The Bertz CT molecular complexity index is 513. The molecule has 21 heavy (non-hydrogen) atoms. The first kappa shape index (κ1) is 14.2. The Hall–Kier alpha value is -1.79. The third-order valence-electron chi connectivity index (χ3n) is 3.73. The van der Waals surface area contributed by atoms with Crippen LogP contribution in [-0.2, 0) is 9.53 Å². The zero-order valence-corrected chi connectivity index (χ0v) is 11.8. The molecule has 1 saturated heterocycles. The summed E-state index contributed by atoms with van der Waals surface area (Å²) in [5.74, 6) is 0.457. The normalized spacial score (nSPS) is 20.6. The molecule has 1 aromatic carbocycles. The Kier molecular flexibility index (Phi) is 4.26. The zero-order valence-electron chi connectivity index (χ0n) is 11.8. The van der Waals surface area contributed by atoms with Crippen LogP contribution in [0.15, 0.2) is 18.2 Å². The van der Waals surface area contributed by atoms with Crippen molar-refractivity contribution in [3.8, 4) is 11.5 Å². The number of hydrogen-bond donors (Lipinski definition) is 1. The maximum Gasteiger partial charge on any atom is 0.325 e. The Morgan fingerprint density at radius 1 is 1.10 bits per heavy atom. The number of morpholine rings is 1. The number of fused-ring (bicyclic) bond motifs is 1. The van der Waals surface area contributed by atoms with Crippen LogP contribution < -0.4 is 9.47 Å². The van der Waals surface area contributed by atoms with Gasteiger partial charge in [-0.25, -0.2) is 0 Å². The predicted molar refractivity (Wildman–Crippen MR) is 74.8 cm³/mol. The van der Waals surface area contributed by atoms with Gasteiger partial charge < -0.3 is 19.3 Å². The molecular weight excluding hydrogens is 274 g/mol. The van der Waals surface area contributed by atoms with Crippen LogP contribution in [0.25, 0.3) is 0 Å². The van der Waals surface area contributed by atoms with Crippen LogP contribution in [0, 0.1) is 0 Å². The monoisotopic (exact) mass is 293 g/mol. The molecule has 0 spiro atoms. The van der Waals surface area contributed by atoms with E-state index in [2.05, 4.69) is 0 Å². The summed E-state index contributed by atoms with van der Waals surface area (Å²) in [5.41, 5.74) is 0.716. The molecule has 1 N–H and O–H groups in total. The van der Waals surface area contributed by atoms with Crippen LogP contribution in [0.1, 0.15) is 18.0 Å². The smallest absolute Gasteiger partial charge is 0.325 e. The second-order valence-corrected chi connectivity index (χ2v) is 5.15. The van der Waals surface area contributed by atoms with Crippen molar-refractivity contribution in [2.75, 3.05) is 39.5 Å². The quantitative estimate of drug-likeness (QED) is 0.906. The van der Waals surface area contributed by atoms with E-state index < -0.39 is 12.0 Å². The van der Waals surface area contributed by atoms with Gasteiger partial charge in [0.25, 0.3) is 0 Å². The third-order valence-corrected chi connectivity index (χ3v) is 3.73. The number of benzene rings is 1. The zero-order chi connectivity index (χ0) is 14.7. The van der Waals surface area contributed by atoms with E-state index in [0.717, 1.165) is 6.42 Å². The van der Waals surface area contributed by atoms with Crippen molar-refractivity contribution in [3.05, 3.63) is 23.8 Å². The van der Waals surface area contributed by atoms with Gasteiger partial charge in [-0.15, -0.1) is 0 Å². The number of carboxylic acids is 1. The lowest BCUT2D eigenvalue weighted by Crippen LogP contribution is -2.42. The van der Waals surface area contributed by atoms with Crippen LogP contribution in [0.2, 0.25) is 0 Å². The van der Waals surface area contributed by atoms with Crippen molar-refractivity contribution < 1.29 is 24.1 Å². The van der Waals surface area contributed by atoms with Crippen molar-refractivity contribution in [2.45, 2.75) is 12.5 Å². The number of ether oxygens (including phenoxy) is 3. The van der Waals surface area contributed by atoms with Gasteiger partial charge in [0.2, 0.25) is 0 Å². The minimum atomic E-state index is -0.855. The second-order valence-electron chi connectivity index (χ2n) is 5.15. The van der Waals surface area contributed by atoms with E-state index in [1.807, 2.05) is 11.0 Å². The fraction of sp³-hybridized carbons (Fsp3) is 0.533. The number of aliphatic carboxylic acids is 1. The van der Waals surface area contributed by atoms with Gasteiger partial charge in [0.1, 0.15) is 6.04 Å². The van der Waals surface area contributed by atoms with Gasteiger partial charge in [0.15, 0.2) is 11.5 Å². The Labute approximate surface area is 123 Å². The van der Waals surface area contributed by atoms with Crippen LogP contribution in [-0.4, -0.2) is 55.5 Å². The summed E-state index contributed by atoms with van der Waals surface area (Å²) < 4.78 is 16.5.